The Balaban J connectivity index is 1.60. The van der Waals surface area contributed by atoms with Crippen molar-refractivity contribution in [3.63, 3.8) is 0 Å². The van der Waals surface area contributed by atoms with E-state index in [2.05, 4.69) is 9.98 Å². The van der Waals surface area contributed by atoms with E-state index in [4.69, 9.17) is 22.1 Å². The number of fused-ring (bicyclic) bond motifs is 1. The molecule has 162 valence electrons. The van der Waals surface area contributed by atoms with Crippen LogP contribution in [0.2, 0.25) is 5.02 Å². The number of ether oxygens (including phenoxy) is 1. The third kappa shape index (κ3) is 4.30. The van der Waals surface area contributed by atoms with E-state index in [9.17, 15) is 4.79 Å². The minimum absolute atomic E-state index is 0.0141. The number of aromatic nitrogens is 1. The summed E-state index contributed by atoms with van der Waals surface area (Å²) in [6, 6.07) is 6.06. The average molecular weight is 439 g/mol. The van der Waals surface area contributed by atoms with Gasteiger partial charge in [0.1, 0.15) is 0 Å². The Morgan fingerprint density at radius 3 is 2.84 bits per heavy atom. The molecule has 0 atom stereocenters. The lowest BCUT2D eigenvalue weighted by Crippen LogP contribution is -2.44. The van der Waals surface area contributed by atoms with Gasteiger partial charge in [-0.25, -0.2) is 0 Å². The molecule has 1 aliphatic heterocycles. The molecule has 1 aromatic carbocycles. The maximum absolute atomic E-state index is 13.2. The zero-order chi connectivity index (χ0) is 22.0. The summed E-state index contributed by atoms with van der Waals surface area (Å²) in [6.07, 6.45) is 10.2. The van der Waals surface area contributed by atoms with Crippen molar-refractivity contribution in [2.75, 3.05) is 13.8 Å². The van der Waals surface area contributed by atoms with Crippen molar-refractivity contribution in [1.82, 2.24) is 9.88 Å². The number of halogens is 1. The standard InChI is InChI=1S/C24H27ClN4O2/c1-15-17(11-16-7-8-21(28-13-16)20(26)9-10-27-2)12-19-23(22(15)25)31-14-29(24(19)30)18-5-3-4-6-18/h7-10,12-13,18H,3-6,11,14,26H2,1-2H3. The highest BCUT2D eigenvalue weighted by molar-refractivity contribution is 6.33. The largest absolute Gasteiger partial charge is 0.471 e. The number of nitrogens with zero attached hydrogens (tertiary/aromatic N) is 3. The number of rotatable bonds is 5. The van der Waals surface area contributed by atoms with Crippen LogP contribution in [-0.4, -0.2) is 41.8 Å². The van der Waals surface area contributed by atoms with Crippen LogP contribution in [0.25, 0.3) is 5.70 Å². The second-order valence-electron chi connectivity index (χ2n) is 8.10. The molecule has 1 saturated carbocycles. The minimum atomic E-state index is 0.0141. The molecule has 0 unspecified atom stereocenters. The molecule has 2 N–H and O–H groups in total. The monoisotopic (exact) mass is 438 g/mol. The molecule has 2 aliphatic rings. The van der Waals surface area contributed by atoms with Crippen LogP contribution >= 0.6 is 11.6 Å². The van der Waals surface area contributed by atoms with Gasteiger partial charge in [0.15, 0.2) is 12.5 Å². The van der Waals surface area contributed by atoms with Gasteiger partial charge in [-0.05, 0) is 61.1 Å². The number of carbonyl (C=O) groups excluding carboxylic acids is 1. The predicted octanol–water partition coefficient (Wildman–Crippen LogP) is 4.37. The number of allylic oxidation sites excluding steroid dienone is 1. The molecule has 1 fully saturated rings. The zero-order valence-electron chi connectivity index (χ0n) is 17.9. The molecule has 2 aromatic rings. The van der Waals surface area contributed by atoms with Crippen molar-refractivity contribution in [2.24, 2.45) is 10.7 Å². The Bertz CT molecular complexity index is 1040. The molecule has 31 heavy (non-hydrogen) atoms. The quantitative estimate of drug-likeness (QED) is 0.703. The van der Waals surface area contributed by atoms with Crippen molar-refractivity contribution >= 4 is 29.4 Å². The van der Waals surface area contributed by atoms with Crippen LogP contribution in [0.5, 0.6) is 5.75 Å². The molecule has 0 spiro atoms. The molecule has 2 heterocycles. The van der Waals surface area contributed by atoms with E-state index in [1.54, 1.807) is 25.5 Å². The van der Waals surface area contributed by atoms with Crippen LogP contribution in [0, 0.1) is 6.92 Å². The van der Waals surface area contributed by atoms with Crippen molar-refractivity contribution in [2.45, 2.75) is 45.1 Å². The Morgan fingerprint density at radius 1 is 1.39 bits per heavy atom. The molecule has 6 nitrogen and oxygen atoms in total. The summed E-state index contributed by atoms with van der Waals surface area (Å²) in [5, 5.41) is 0.516. The van der Waals surface area contributed by atoms with Gasteiger partial charge in [-0.2, -0.15) is 0 Å². The Labute approximate surface area is 187 Å². The highest BCUT2D eigenvalue weighted by Crippen LogP contribution is 2.39. The summed E-state index contributed by atoms with van der Waals surface area (Å²) < 4.78 is 5.94. The third-order valence-electron chi connectivity index (χ3n) is 6.10. The fourth-order valence-corrected chi connectivity index (χ4v) is 4.53. The molecule has 0 bridgehead atoms. The fourth-order valence-electron chi connectivity index (χ4n) is 4.26. The molecule has 1 amide bonds. The van der Waals surface area contributed by atoms with Crippen molar-refractivity contribution in [1.29, 1.82) is 0 Å². The van der Waals surface area contributed by atoms with Gasteiger partial charge in [0.2, 0.25) is 0 Å². The first-order chi connectivity index (χ1) is 15.0. The second-order valence-corrected chi connectivity index (χ2v) is 8.47. The van der Waals surface area contributed by atoms with E-state index in [0.717, 1.165) is 42.4 Å². The predicted molar refractivity (Wildman–Crippen MR) is 124 cm³/mol. The number of aliphatic imine (C=N–C) groups is 1. The molecule has 7 heteroatoms. The summed E-state index contributed by atoms with van der Waals surface area (Å²) in [7, 11) is 1.69. The number of amides is 1. The van der Waals surface area contributed by atoms with Gasteiger partial charge in [0, 0.05) is 25.5 Å². The molecule has 1 aromatic heterocycles. The highest BCUT2D eigenvalue weighted by atomic mass is 35.5. The normalized spacial score (nSPS) is 17.3. The lowest BCUT2D eigenvalue weighted by atomic mass is 9.96. The topological polar surface area (TPSA) is 80.8 Å². The van der Waals surface area contributed by atoms with Crippen LogP contribution in [0.4, 0.5) is 0 Å². The maximum atomic E-state index is 13.2. The molecule has 0 saturated heterocycles. The number of pyridine rings is 1. The smallest absolute Gasteiger partial charge is 0.260 e. The zero-order valence-corrected chi connectivity index (χ0v) is 18.7. The first-order valence-corrected chi connectivity index (χ1v) is 11.0. The van der Waals surface area contributed by atoms with Crippen LogP contribution in [0.15, 0.2) is 35.5 Å². The summed E-state index contributed by atoms with van der Waals surface area (Å²) in [6.45, 7) is 2.24. The van der Waals surface area contributed by atoms with Gasteiger partial charge in [-0.3, -0.25) is 14.8 Å². The van der Waals surface area contributed by atoms with Crippen molar-refractivity contribution in [3.8, 4) is 5.75 Å². The summed E-state index contributed by atoms with van der Waals surface area (Å²) in [5.41, 5.74) is 10.7. The fraction of sp³-hybridized carbons (Fsp3) is 0.375. The number of nitrogens with two attached hydrogens (primary N) is 1. The summed E-state index contributed by atoms with van der Waals surface area (Å²) in [4.78, 5) is 23.4. The number of benzene rings is 1. The van der Waals surface area contributed by atoms with Gasteiger partial charge < -0.3 is 15.4 Å². The molecule has 4 rings (SSSR count). The van der Waals surface area contributed by atoms with E-state index < -0.39 is 0 Å². The maximum Gasteiger partial charge on any atom is 0.260 e. The van der Waals surface area contributed by atoms with Gasteiger partial charge in [0.25, 0.3) is 5.91 Å². The van der Waals surface area contributed by atoms with Crippen molar-refractivity contribution in [3.05, 3.63) is 63.4 Å². The first-order valence-electron chi connectivity index (χ1n) is 10.6. The molecule has 0 radical (unpaired) electrons. The van der Waals surface area contributed by atoms with E-state index in [1.165, 1.54) is 0 Å². The minimum Gasteiger partial charge on any atom is -0.471 e. The second kappa shape index (κ2) is 9.10. The van der Waals surface area contributed by atoms with Crippen LogP contribution < -0.4 is 10.5 Å². The average Bonchev–Trinajstić information content (AvgIpc) is 3.31. The van der Waals surface area contributed by atoms with Crippen LogP contribution in [-0.2, 0) is 6.42 Å². The Morgan fingerprint density at radius 2 is 2.16 bits per heavy atom. The Hall–Kier alpha value is -2.86. The summed E-state index contributed by atoms with van der Waals surface area (Å²) in [5.74, 6) is 0.520. The van der Waals surface area contributed by atoms with Crippen LogP contribution in [0.1, 0.15) is 58.4 Å². The Kier molecular flexibility index (Phi) is 6.28. The molecule has 1 aliphatic carbocycles. The van der Waals surface area contributed by atoms with Gasteiger partial charge in [-0.1, -0.05) is 30.5 Å². The SMILES string of the molecule is CN=CC=C(N)c1ccc(Cc2cc3c(c(Cl)c2C)OCN(C2CCCC2)C3=O)cn1. The van der Waals surface area contributed by atoms with E-state index in [-0.39, 0.29) is 18.7 Å². The third-order valence-corrected chi connectivity index (χ3v) is 6.55. The van der Waals surface area contributed by atoms with Crippen molar-refractivity contribution < 1.29 is 9.53 Å². The molecular weight excluding hydrogens is 412 g/mol. The van der Waals surface area contributed by atoms with Gasteiger partial charge in [-0.15, -0.1) is 0 Å². The van der Waals surface area contributed by atoms with Crippen LogP contribution in [0.3, 0.4) is 0 Å². The summed E-state index contributed by atoms with van der Waals surface area (Å²) >= 11 is 6.62. The number of hydrogen-bond donors (Lipinski definition) is 1. The number of carbonyl (C=O) groups is 1. The molecular formula is C24H27ClN4O2. The lowest BCUT2D eigenvalue weighted by molar-refractivity contribution is 0.0391. The highest BCUT2D eigenvalue weighted by Gasteiger charge is 2.34. The van der Waals surface area contributed by atoms with E-state index in [1.807, 2.05) is 30.0 Å². The first kappa shape index (κ1) is 21.4. The van der Waals surface area contributed by atoms with Gasteiger partial charge in [0.05, 0.1) is 22.0 Å². The number of hydrogen-bond acceptors (Lipinski definition) is 5. The lowest BCUT2D eigenvalue weighted by Gasteiger charge is -2.34. The van der Waals surface area contributed by atoms with E-state index in [0.29, 0.717) is 34.1 Å². The van der Waals surface area contributed by atoms with E-state index >= 15 is 0 Å². The van der Waals surface area contributed by atoms with Gasteiger partial charge >= 0.3 is 0 Å².